The zero-order valence-corrected chi connectivity index (χ0v) is 24.0. The van der Waals surface area contributed by atoms with Gasteiger partial charge in [-0.15, -0.1) is 0 Å². The summed E-state index contributed by atoms with van der Waals surface area (Å²) in [6, 6.07) is 14.6. The maximum absolute atomic E-state index is 13.4. The molecule has 0 bridgehead atoms. The average Bonchev–Trinajstić information content (AvgIpc) is 3.03. The van der Waals surface area contributed by atoms with Crippen LogP contribution >= 0.6 is 0 Å². The standard InChI is InChI=1S/C23H32N4O8S2Si/c1-38(2,3)14-13-26-22(28)16-27(37(26,33)34)20-10-9-18(11-12-24-36(31,32)25-23(29)30)15-21(20)35-17-19-7-5-4-6-8-19/h4-10,15,24-25H,11-14,16-17H2,1-3H3,(H,29,30). The molecule has 1 saturated heterocycles. The molecule has 38 heavy (non-hydrogen) atoms. The summed E-state index contributed by atoms with van der Waals surface area (Å²) < 4.78 is 61.6. The number of carboxylic acid groups (broad SMARTS) is 1. The molecule has 0 atom stereocenters. The minimum absolute atomic E-state index is 0.120. The van der Waals surface area contributed by atoms with Crippen LogP contribution in [-0.4, -0.2) is 66.0 Å². The molecule has 0 unspecified atom stereocenters. The van der Waals surface area contributed by atoms with Crippen LogP contribution in [0.2, 0.25) is 25.7 Å². The highest BCUT2D eigenvalue weighted by Gasteiger charge is 2.43. The van der Waals surface area contributed by atoms with Crippen molar-refractivity contribution < 1.29 is 36.3 Å². The number of anilines is 1. The van der Waals surface area contributed by atoms with Crippen LogP contribution in [0.5, 0.6) is 5.75 Å². The molecule has 12 nitrogen and oxygen atoms in total. The summed E-state index contributed by atoms with van der Waals surface area (Å²) in [4.78, 5) is 23.3. The van der Waals surface area contributed by atoms with Crippen molar-refractivity contribution in [3.05, 3.63) is 59.7 Å². The maximum atomic E-state index is 13.4. The predicted molar refractivity (Wildman–Crippen MR) is 145 cm³/mol. The van der Waals surface area contributed by atoms with Gasteiger partial charge in [0, 0.05) is 21.2 Å². The van der Waals surface area contributed by atoms with Crippen molar-refractivity contribution >= 4 is 46.2 Å². The van der Waals surface area contributed by atoms with Crippen molar-refractivity contribution in [2.45, 2.75) is 38.7 Å². The third-order valence-electron chi connectivity index (χ3n) is 5.64. The predicted octanol–water partition coefficient (Wildman–Crippen LogP) is 2.14. The summed E-state index contributed by atoms with van der Waals surface area (Å²) in [5.74, 6) is -0.303. The third-order valence-corrected chi connectivity index (χ3v) is 10.2. The summed E-state index contributed by atoms with van der Waals surface area (Å²) in [5.41, 5.74) is 1.64. The Morgan fingerprint density at radius 1 is 1.11 bits per heavy atom. The first-order chi connectivity index (χ1) is 17.7. The summed E-state index contributed by atoms with van der Waals surface area (Å²) in [5, 5.41) is 8.62. The fourth-order valence-electron chi connectivity index (χ4n) is 3.67. The van der Waals surface area contributed by atoms with Crippen LogP contribution in [0.15, 0.2) is 48.5 Å². The van der Waals surface area contributed by atoms with Crippen LogP contribution in [0.3, 0.4) is 0 Å². The number of nitrogens with zero attached hydrogens (tertiary/aromatic N) is 2. The van der Waals surface area contributed by atoms with Crippen LogP contribution < -0.4 is 18.5 Å². The minimum atomic E-state index is -4.23. The molecule has 15 heteroatoms. The molecule has 208 valence electrons. The number of rotatable bonds is 12. The van der Waals surface area contributed by atoms with Gasteiger partial charge in [0.25, 0.3) is 5.91 Å². The van der Waals surface area contributed by atoms with Gasteiger partial charge in [-0.1, -0.05) is 56.0 Å². The highest BCUT2D eigenvalue weighted by atomic mass is 32.2. The Labute approximate surface area is 224 Å². The van der Waals surface area contributed by atoms with E-state index in [9.17, 15) is 26.4 Å². The van der Waals surface area contributed by atoms with E-state index in [1.807, 2.05) is 30.3 Å². The summed E-state index contributed by atoms with van der Waals surface area (Å²) in [6.45, 7) is 6.09. The molecule has 1 aliphatic heterocycles. The molecule has 2 aromatic carbocycles. The molecule has 0 aromatic heterocycles. The zero-order valence-electron chi connectivity index (χ0n) is 21.4. The van der Waals surface area contributed by atoms with Gasteiger partial charge in [-0.25, -0.2) is 18.1 Å². The molecule has 3 rings (SSSR count). The topological polar surface area (TPSA) is 162 Å². The van der Waals surface area contributed by atoms with Gasteiger partial charge in [-0.2, -0.15) is 21.6 Å². The lowest BCUT2D eigenvalue weighted by atomic mass is 10.1. The molecule has 2 aromatic rings. The molecule has 1 heterocycles. The Bertz CT molecular complexity index is 1380. The second kappa shape index (κ2) is 11.7. The Kier molecular flexibility index (Phi) is 9.07. The van der Waals surface area contributed by atoms with E-state index in [2.05, 4.69) is 24.4 Å². The fraction of sp³-hybridized carbons (Fsp3) is 0.391. The number of ether oxygens (including phenoxy) is 1. The smallest absolute Gasteiger partial charge is 0.419 e. The number of carbonyl (C=O) groups is 2. The molecule has 2 amide bonds. The van der Waals surface area contributed by atoms with Gasteiger partial charge >= 0.3 is 26.5 Å². The normalized spacial score (nSPS) is 15.5. The summed E-state index contributed by atoms with van der Waals surface area (Å²) in [7, 11) is -9.96. The van der Waals surface area contributed by atoms with Gasteiger partial charge < -0.3 is 9.84 Å². The van der Waals surface area contributed by atoms with Gasteiger partial charge in [0.1, 0.15) is 18.9 Å². The van der Waals surface area contributed by atoms with E-state index in [0.29, 0.717) is 11.6 Å². The number of nitrogens with one attached hydrogen (secondary N) is 2. The number of benzene rings is 2. The number of hydrogen-bond donors (Lipinski definition) is 3. The average molecular weight is 585 g/mol. The Morgan fingerprint density at radius 3 is 2.42 bits per heavy atom. The van der Waals surface area contributed by atoms with Crippen molar-refractivity contribution in [2.75, 3.05) is 23.9 Å². The Balaban J connectivity index is 1.86. The lowest BCUT2D eigenvalue weighted by Crippen LogP contribution is -2.40. The van der Waals surface area contributed by atoms with E-state index in [0.717, 1.165) is 14.2 Å². The van der Waals surface area contributed by atoms with Gasteiger partial charge in [0.2, 0.25) is 0 Å². The van der Waals surface area contributed by atoms with E-state index in [1.165, 1.54) is 10.8 Å². The molecular formula is C23H32N4O8S2Si. The number of carbonyl (C=O) groups excluding carboxylic acids is 1. The highest BCUT2D eigenvalue weighted by Crippen LogP contribution is 2.36. The van der Waals surface area contributed by atoms with E-state index in [1.54, 1.807) is 12.1 Å². The van der Waals surface area contributed by atoms with E-state index < -0.39 is 40.5 Å². The van der Waals surface area contributed by atoms with Gasteiger partial charge in [-0.05, 0) is 35.7 Å². The van der Waals surface area contributed by atoms with E-state index in [4.69, 9.17) is 9.84 Å². The lowest BCUT2D eigenvalue weighted by Gasteiger charge is -2.24. The minimum Gasteiger partial charge on any atom is -0.487 e. The summed E-state index contributed by atoms with van der Waals surface area (Å²) in [6.07, 6.45) is -1.55. The Morgan fingerprint density at radius 2 is 1.79 bits per heavy atom. The first kappa shape index (κ1) is 29.4. The molecule has 0 aliphatic carbocycles. The number of hydrogen-bond acceptors (Lipinski definition) is 7. The van der Waals surface area contributed by atoms with Crippen LogP contribution in [-0.2, 0) is 38.2 Å². The molecule has 0 saturated carbocycles. The molecule has 3 N–H and O–H groups in total. The second-order valence-electron chi connectivity index (χ2n) is 9.92. The second-order valence-corrected chi connectivity index (χ2v) is 18.8. The largest absolute Gasteiger partial charge is 0.487 e. The third kappa shape index (κ3) is 7.93. The lowest BCUT2D eigenvalue weighted by molar-refractivity contribution is -0.123. The van der Waals surface area contributed by atoms with Crippen molar-refractivity contribution in [2.24, 2.45) is 0 Å². The highest BCUT2D eigenvalue weighted by molar-refractivity contribution is 7.91. The van der Waals surface area contributed by atoms with Gasteiger partial charge in [0.05, 0.1) is 5.69 Å². The molecular weight excluding hydrogens is 552 g/mol. The van der Waals surface area contributed by atoms with Gasteiger partial charge in [-0.3, -0.25) is 4.79 Å². The van der Waals surface area contributed by atoms with Gasteiger partial charge in [0.15, 0.2) is 0 Å². The quantitative estimate of drug-likeness (QED) is 0.320. The van der Waals surface area contributed by atoms with Crippen molar-refractivity contribution in [3.8, 4) is 5.75 Å². The number of amides is 2. The first-order valence-corrected chi connectivity index (χ1v) is 18.4. The summed E-state index contributed by atoms with van der Waals surface area (Å²) >= 11 is 0. The maximum Gasteiger partial charge on any atom is 0.419 e. The molecule has 0 radical (unpaired) electrons. The van der Waals surface area contributed by atoms with E-state index in [-0.39, 0.29) is 44.1 Å². The first-order valence-electron chi connectivity index (χ1n) is 11.8. The van der Waals surface area contributed by atoms with Crippen LogP contribution in [0.25, 0.3) is 0 Å². The molecule has 1 fully saturated rings. The van der Waals surface area contributed by atoms with Crippen LogP contribution in [0.1, 0.15) is 11.1 Å². The van der Waals surface area contributed by atoms with Crippen molar-refractivity contribution in [1.82, 2.24) is 13.7 Å². The Hall–Kier alpha value is -3.14. The molecule has 1 aliphatic rings. The van der Waals surface area contributed by atoms with Crippen LogP contribution in [0, 0.1) is 0 Å². The SMILES string of the molecule is C[Si](C)(C)CCN1C(=O)CN(c2ccc(CCNS(=O)(=O)NC(=O)O)cc2OCc2ccccc2)S1(=O)=O. The molecule has 0 spiro atoms. The fourth-order valence-corrected chi connectivity index (χ4v) is 6.95. The van der Waals surface area contributed by atoms with Crippen molar-refractivity contribution in [3.63, 3.8) is 0 Å². The zero-order chi connectivity index (χ0) is 28.1. The van der Waals surface area contributed by atoms with Crippen LogP contribution in [0.4, 0.5) is 10.5 Å². The van der Waals surface area contributed by atoms with E-state index >= 15 is 0 Å². The van der Waals surface area contributed by atoms with Crippen molar-refractivity contribution in [1.29, 1.82) is 0 Å². The monoisotopic (exact) mass is 584 g/mol.